The van der Waals surface area contributed by atoms with E-state index in [2.05, 4.69) is 0 Å². The summed E-state index contributed by atoms with van der Waals surface area (Å²) >= 11 is 24.0. The van der Waals surface area contributed by atoms with E-state index >= 15 is 0 Å². The van der Waals surface area contributed by atoms with Crippen LogP contribution < -0.4 is 0 Å². The lowest BCUT2D eigenvalue weighted by Crippen LogP contribution is -2.20. The Kier molecular flexibility index (Phi) is 5.61. The summed E-state index contributed by atoms with van der Waals surface area (Å²) in [7, 11) is 0. The van der Waals surface area contributed by atoms with E-state index in [1.54, 1.807) is 18.2 Å². The van der Waals surface area contributed by atoms with Crippen LogP contribution in [-0.2, 0) is 22.4 Å². The van der Waals surface area contributed by atoms with Crippen molar-refractivity contribution in [3.63, 3.8) is 0 Å². The van der Waals surface area contributed by atoms with Crippen molar-refractivity contribution in [2.24, 2.45) is 11.8 Å². The number of ether oxygens (including phenoxy) is 1. The molecule has 2 atom stereocenters. The maximum Gasteiger partial charge on any atom is 0.309 e. The fraction of sp³-hybridized carbons (Fsp3) is 0.278. The second-order valence-corrected chi connectivity index (χ2v) is 7.53. The number of benzene rings is 2. The molecule has 0 radical (unpaired) electrons. The maximum atomic E-state index is 12.1. The smallest absolute Gasteiger partial charge is 0.309 e. The van der Waals surface area contributed by atoms with Gasteiger partial charge in [-0.25, -0.2) is 0 Å². The number of carbonyl (C=O) groups is 1. The van der Waals surface area contributed by atoms with E-state index in [0.29, 0.717) is 39.5 Å². The SMILES string of the molecule is O=C1OC[C@H](Cc2ccc(Cl)c(Cl)c2)[C@H]1Cc1ccc(Cl)c(Cl)c1. The van der Waals surface area contributed by atoms with Gasteiger partial charge in [0.2, 0.25) is 0 Å². The third kappa shape index (κ3) is 4.00. The van der Waals surface area contributed by atoms with Gasteiger partial charge in [0.1, 0.15) is 0 Å². The van der Waals surface area contributed by atoms with E-state index in [1.165, 1.54) is 0 Å². The van der Waals surface area contributed by atoms with E-state index in [9.17, 15) is 4.79 Å². The Morgan fingerprint density at radius 3 is 1.92 bits per heavy atom. The minimum Gasteiger partial charge on any atom is -0.465 e. The van der Waals surface area contributed by atoms with Gasteiger partial charge in [-0.15, -0.1) is 0 Å². The highest BCUT2D eigenvalue weighted by molar-refractivity contribution is 6.42. The van der Waals surface area contributed by atoms with Crippen molar-refractivity contribution in [3.8, 4) is 0 Å². The molecule has 0 amide bonds. The zero-order chi connectivity index (χ0) is 17.3. The first kappa shape index (κ1) is 17.9. The number of esters is 1. The molecular weight excluding hydrogens is 390 g/mol. The molecule has 0 saturated carbocycles. The van der Waals surface area contributed by atoms with Gasteiger partial charge in [0, 0.05) is 5.92 Å². The van der Waals surface area contributed by atoms with Crippen molar-refractivity contribution < 1.29 is 9.53 Å². The summed E-state index contributed by atoms with van der Waals surface area (Å²) in [5, 5.41) is 2.02. The molecule has 2 aromatic carbocycles. The molecule has 0 aromatic heterocycles. The van der Waals surface area contributed by atoms with Crippen LogP contribution in [-0.4, -0.2) is 12.6 Å². The van der Waals surface area contributed by atoms with E-state index in [0.717, 1.165) is 11.1 Å². The van der Waals surface area contributed by atoms with E-state index in [-0.39, 0.29) is 17.8 Å². The molecule has 0 bridgehead atoms. The molecule has 1 fully saturated rings. The summed E-state index contributed by atoms with van der Waals surface area (Å²) in [4.78, 5) is 12.1. The van der Waals surface area contributed by atoms with Crippen molar-refractivity contribution in [2.75, 3.05) is 6.61 Å². The van der Waals surface area contributed by atoms with Crippen molar-refractivity contribution in [2.45, 2.75) is 12.8 Å². The Labute approximate surface area is 160 Å². The van der Waals surface area contributed by atoms with Crippen LogP contribution in [0.5, 0.6) is 0 Å². The third-order valence-electron chi connectivity index (χ3n) is 4.23. The average Bonchev–Trinajstić information content (AvgIpc) is 2.87. The molecule has 6 heteroatoms. The van der Waals surface area contributed by atoms with Crippen molar-refractivity contribution in [3.05, 3.63) is 67.6 Å². The number of hydrogen-bond donors (Lipinski definition) is 0. The van der Waals surface area contributed by atoms with Gasteiger partial charge in [-0.2, -0.15) is 0 Å². The van der Waals surface area contributed by atoms with Crippen molar-refractivity contribution in [1.82, 2.24) is 0 Å². The quantitative estimate of drug-likeness (QED) is 0.596. The summed E-state index contributed by atoms with van der Waals surface area (Å²) < 4.78 is 5.27. The molecule has 0 N–H and O–H groups in total. The monoisotopic (exact) mass is 402 g/mol. The van der Waals surface area contributed by atoms with Crippen LogP contribution in [0.25, 0.3) is 0 Å². The van der Waals surface area contributed by atoms with Crippen LogP contribution in [0.1, 0.15) is 11.1 Å². The molecule has 0 spiro atoms. The molecule has 2 nitrogen and oxygen atoms in total. The van der Waals surface area contributed by atoms with Crippen molar-refractivity contribution in [1.29, 1.82) is 0 Å². The molecule has 1 heterocycles. The molecule has 1 aliphatic heterocycles. The zero-order valence-corrected chi connectivity index (χ0v) is 15.6. The van der Waals surface area contributed by atoms with Gasteiger partial charge >= 0.3 is 5.97 Å². The first-order valence-corrected chi connectivity index (χ1v) is 8.99. The number of rotatable bonds is 4. The lowest BCUT2D eigenvalue weighted by molar-refractivity contribution is -0.141. The van der Waals surface area contributed by atoms with Crippen LogP contribution in [0.3, 0.4) is 0 Å². The van der Waals surface area contributed by atoms with E-state index < -0.39 is 0 Å². The molecular formula is C18H14Cl4O2. The lowest BCUT2D eigenvalue weighted by Gasteiger charge is -2.16. The molecule has 126 valence electrons. The highest BCUT2D eigenvalue weighted by Crippen LogP contribution is 2.32. The summed E-state index contributed by atoms with van der Waals surface area (Å²) in [5.41, 5.74) is 2.00. The zero-order valence-electron chi connectivity index (χ0n) is 12.6. The van der Waals surface area contributed by atoms with Crippen molar-refractivity contribution >= 4 is 52.4 Å². The fourth-order valence-corrected chi connectivity index (χ4v) is 3.59. The standard InChI is InChI=1S/C18H14Cl4O2/c19-14-3-1-10(7-16(14)21)5-12-9-24-18(23)13(12)6-11-2-4-15(20)17(22)8-11/h1-4,7-8,12-13H,5-6,9H2/t12-,13+/m0/s1. The Hall–Kier alpha value is -0.930. The van der Waals surface area contributed by atoms with Gasteiger partial charge in [-0.1, -0.05) is 58.5 Å². The molecule has 1 aliphatic rings. The van der Waals surface area contributed by atoms with Gasteiger partial charge in [-0.05, 0) is 48.2 Å². The molecule has 0 unspecified atom stereocenters. The Morgan fingerprint density at radius 1 is 0.833 bits per heavy atom. The highest BCUT2D eigenvalue weighted by Gasteiger charge is 2.36. The Balaban J connectivity index is 1.76. The van der Waals surface area contributed by atoms with Gasteiger partial charge in [-0.3, -0.25) is 4.79 Å². The summed E-state index contributed by atoms with van der Waals surface area (Å²) in [6, 6.07) is 11.0. The minimum atomic E-state index is -0.211. The van der Waals surface area contributed by atoms with Crippen LogP contribution in [0, 0.1) is 11.8 Å². The second-order valence-electron chi connectivity index (χ2n) is 5.90. The van der Waals surface area contributed by atoms with E-state index in [4.69, 9.17) is 51.1 Å². The number of halogens is 4. The number of hydrogen-bond acceptors (Lipinski definition) is 2. The molecule has 1 saturated heterocycles. The average molecular weight is 404 g/mol. The van der Waals surface area contributed by atoms with Gasteiger partial charge in [0.15, 0.2) is 0 Å². The molecule has 24 heavy (non-hydrogen) atoms. The predicted octanol–water partition coefficient (Wildman–Crippen LogP) is 5.87. The third-order valence-corrected chi connectivity index (χ3v) is 5.71. The largest absolute Gasteiger partial charge is 0.465 e. The van der Waals surface area contributed by atoms with E-state index in [1.807, 2.05) is 18.2 Å². The summed E-state index contributed by atoms with van der Waals surface area (Å²) in [5.74, 6) is -0.299. The van der Waals surface area contributed by atoms with Crippen LogP contribution >= 0.6 is 46.4 Å². The highest BCUT2D eigenvalue weighted by atomic mass is 35.5. The minimum absolute atomic E-state index is 0.0872. The number of cyclic esters (lactones) is 1. The van der Waals surface area contributed by atoms with Crippen LogP contribution in [0.2, 0.25) is 20.1 Å². The fourth-order valence-electron chi connectivity index (χ4n) is 2.95. The topological polar surface area (TPSA) is 26.3 Å². The lowest BCUT2D eigenvalue weighted by atomic mass is 9.85. The van der Waals surface area contributed by atoms with Gasteiger partial charge < -0.3 is 4.74 Å². The molecule has 0 aliphatic carbocycles. The predicted molar refractivity (Wildman–Crippen MR) is 98.3 cm³/mol. The first-order chi connectivity index (χ1) is 11.4. The Bertz CT molecular complexity index is 776. The van der Waals surface area contributed by atoms with Gasteiger partial charge in [0.05, 0.1) is 32.6 Å². The summed E-state index contributed by atoms with van der Waals surface area (Å²) in [6.45, 7) is 0.408. The number of carbonyl (C=O) groups excluding carboxylic acids is 1. The normalized spacial score (nSPS) is 20.2. The second kappa shape index (κ2) is 7.53. The first-order valence-electron chi connectivity index (χ1n) is 7.48. The molecule has 2 aromatic rings. The van der Waals surface area contributed by atoms with Gasteiger partial charge in [0.25, 0.3) is 0 Å². The molecule has 3 rings (SSSR count). The van der Waals surface area contributed by atoms with Crippen LogP contribution in [0.4, 0.5) is 0 Å². The summed E-state index contributed by atoms with van der Waals surface area (Å²) in [6.07, 6.45) is 1.27. The Morgan fingerprint density at radius 2 is 1.38 bits per heavy atom. The maximum absolute atomic E-state index is 12.1. The van der Waals surface area contributed by atoms with Crippen LogP contribution in [0.15, 0.2) is 36.4 Å².